The van der Waals surface area contributed by atoms with Gasteiger partial charge in [-0.25, -0.2) is 15.0 Å². The third-order valence-electron chi connectivity index (χ3n) is 5.22. The Labute approximate surface area is 169 Å². The van der Waals surface area contributed by atoms with Crippen LogP contribution in [0.1, 0.15) is 6.92 Å². The number of anilines is 1. The molecule has 0 spiro atoms. The van der Waals surface area contributed by atoms with Crippen molar-refractivity contribution in [2.45, 2.75) is 36.1 Å². The summed E-state index contributed by atoms with van der Waals surface area (Å²) < 4.78 is 9.43. The summed E-state index contributed by atoms with van der Waals surface area (Å²) in [5.74, 6) is 0.296. The van der Waals surface area contributed by atoms with E-state index in [-0.39, 0.29) is 11.7 Å². The molecule has 12 nitrogen and oxygen atoms in total. The lowest BCUT2D eigenvalue weighted by Gasteiger charge is -2.38. The summed E-state index contributed by atoms with van der Waals surface area (Å²) in [4.78, 5) is 12.5. The van der Waals surface area contributed by atoms with E-state index >= 15 is 0 Å². The number of aliphatic hydroxyl groups is 3. The fourth-order valence-corrected chi connectivity index (χ4v) is 4.64. The Morgan fingerprint density at radius 2 is 2.10 bits per heavy atom. The second-order valence-corrected chi connectivity index (χ2v) is 8.00. The van der Waals surface area contributed by atoms with Crippen LogP contribution in [0.15, 0.2) is 24.1 Å². The number of aryl methyl sites for hydroxylation is 1. The summed E-state index contributed by atoms with van der Waals surface area (Å²) in [5, 5.41) is 39.8. The van der Waals surface area contributed by atoms with Crippen molar-refractivity contribution in [1.82, 2.24) is 34.3 Å². The van der Waals surface area contributed by atoms with E-state index in [4.69, 9.17) is 10.5 Å². The second kappa shape index (κ2) is 7.50. The summed E-state index contributed by atoms with van der Waals surface area (Å²) in [6.45, 7) is 1.42. The molecular weight excluding hydrogens is 400 g/mol. The third-order valence-corrected chi connectivity index (χ3v) is 6.52. The number of nitrogens with zero attached hydrogens (tertiary/aromatic N) is 7. The second-order valence-electron chi connectivity index (χ2n) is 7.01. The Bertz CT molecular complexity index is 1010. The maximum absolute atomic E-state index is 11.0. The summed E-state index contributed by atoms with van der Waals surface area (Å²) >= 11 is 1.43. The van der Waals surface area contributed by atoms with Crippen LogP contribution in [-0.4, -0.2) is 80.3 Å². The predicted molar refractivity (Wildman–Crippen MR) is 103 cm³/mol. The van der Waals surface area contributed by atoms with E-state index < -0.39 is 30.6 Å². The number of hydrogen-bond acceptors (Lipinski definition) is 11. The molecule has 3 aromatic rings. The SMILES string of the molecule is C[C@@H](CSc1nncn1C)[C@@]1(n2cnc3c(N)ncnc32)O[C@H](CO)[C@@H](O)[C@H]1O. The molecule has 4 heterocycles. The van der Waals surface area contributed by atoms with Crippen molar-refractivity contribution < 1.29 is 20.1 Å². The summed E-state index contributed by atoms with van der Waals surface area (Å²) in [5.41, 5.74) is 5.18. The topological polar surface area (TPSA) is 170 Å². The lowest BCUT2D eigenvalue weighted by atomic mass is 9.91. The first-order valence-electron chi connectivity index (χ1n) is 8.95. The molecule has 1 aliphatic rings. The molecule has 0 bridgehead atoms. The standard InChI is InChI=1S/C16H22N8O4S/c1-8(4-29-15-22-21-7-23(15)2)16(12(27)11(26)9(3-25)28-16)24-6-20-10-13(17)18-5-19-14(10)24/h5-9,11-12,25-27H,3-4H2,1-2H3,(H2,17,18,19)/t8-,9+,11+,12+,16+/m0/s1. The average Bonchev–Trinajstić information content (AvgIpc) is 3.39. The Balaban J connectivity index is 1.77. The number of fused-ring (bicyclic) bond motifs is 1. The molecule has 13 heteroatoms. The molecule has 156 valence electrons. The lowest BCUT2D eigenvalue weighted by molar-refractivity contribution is -0.172. The van der Waals surface area contributed by atoms with Crippen LogP contribution in [0, 0.1) is 5.92 Å². The first-order chi connectivity index (χ1) is 13.9. The van der Waals surface area contributed by atoms with Crippen molar-refractivity contribution in [2.75, 3.05) is 18.1 Å². The van der Waals surface area contributed by atoms with Gasteiger partial charge in [0.15, 0.2) is 22.3 Å². The van der Waals surface area contributed by atoms with Crippen molar-refractivity contribution in [3.05, 3.63) is 19.0 Å². The first-order valence-corrected chi connectivity index (χ1v) is 9.94. The third kappa shape index (κ3) is 3.05. The van der Waals surface area contributed by atoms with Crippen LogP contribution in [0.2, 0.25) is 0 Å². The number of aliphatic hydroxyl groups excluding tert-OH is 3. The molecule has 0 saturated carbocycles. The molecule has 5 N–H and O–H groups in total. The van der Waals surface area contributed by atoms with Gasteiger partial charge in [-0.15, -0.1) is 10.2 Å². The quantitative estimate of drug-likeness (QED) is 0.349. The zero-order valence-electron chi connectivity index (χ0n) is 15.8. The van der Waals surface area contributed by atoms with Crippen LogP contribution in [0.3, 0.4) is 0 Å². The minimum atomic E-state index is -1.44. The number of nitrogens with two attached hydrogens (primary N) is 1. The highest BCUT2D eigenvalue weighted by atomic mass is 32.2. The van der Waals surface area contributed by atoms with Gasteiger partial charge < -0.3 is 30.4 Å². The Hall–Kier alpha value is -2.32. The molecule has 1 fully saturated rings. The van der Waals surface area contributed by atoms with Gasteiger partial charge in [0.25, 0.3) is 0 Å². The Morgan fingerprint density at radius 1 is 1.31 bits per heavy atom. The molecule has 1 saturated heterocycles. The van der Waals surface area contributed by atoms with Crippen LogP contribution >= 0.6 is 11.8 Å². The highest BCUT2D eigenvalue weighted by molar-refractivity contribution is 7.99. The first kappa shape index (κ1) is 20.0. The molecule has 29 heavy (non-hydrogen) atoms. The minimum absolute atomic E-state index is 0.191. The Kier molecular flexibility index (Phi) is 5.16. The lowest BCUT2D eigenvalue weighted by Crippen LogP contribution is -2.51. The zero-order valence-corrected chi connectivity index (χ0v) is 16.6. The van der Waals surface area contributed by atoms with E-state index in [1.54, 1.807) is 15.5 Å². The van der Waals surface area contributed by atoms with Gasteiger partial charge in [-0.1, -0.05) is 18.7 Å². The van der Waals surface area contributed by atoms with Gasteiger partial charge in [0.05, 0.1) is 12.9 Å². The minimum Gasteiger partial charge on any atom is -0.394 e. The molecular formula is C16H22N8O4S. The summed E-state index contributed by atoms with van der Waals surface area (Å²) in [7, 11) is 1.83. The highest BCUT2D eigenvalue weighted by Crippen LogP contribution is 2.44. The van der Waals surface area contributed by atoms with Crippen LogP contribution in [0.5, 0.6) is 0 Å². The predicted octanol–water partition coefficient (Wildman–Crippen LogP) is -1.27. The van der Waals surface area contributed by atoms with Gasteiger partial charge in [0.2, 0.25) is 0 Å². The largest absolute Gasteiger partial charge is 0.394 e. The van der Waals surface area contributed by atoms with E-state index in [2.05, 4.69) is 25.1 Å². The van der Waals surface area contributed by atoms with Crippen molar-refractivity contribution in [3.63, 3.8) is 0 Å². The van der Waals surface area contributed by atoms with Crippen LogP contribution in [0.4, 0.5) is 5.82 Å². The van der Waals surface area contributed by atoms with Crippen molar-refractivity contribution in [3.8, 4) is 0 Å². The molecule has 5 atom stereocenters. The average molecular weight is 422 g/mol. The van der Waals surface area contributed by atoms with Crippen LogP contribution in [-0.2, 0) is 17.5 Å². The fourth-order valence-electron chi connectivity index (χ4n) is 3.65. The monoisotopic (exact) mass is 422 g/mol. The Morgan fingerprint density at radius 3 is 2.76 bits per heavy atom. The number of thioether (sulfide) groups is 1. The molecule has 0 unspecified atom stereocenters. The molecule has 4 rings (SSSR count). The van der Waals surface area contributed by atoms with Gasteiger partial charge in [-0.2, -0.15) is 0 Å². The maximum Gasteiger partial charge on any atom is 0.190 e. The number of rotatable bonds is 6. The summed E-state index contributed by atoms with van der Waals surface area (Å²) in [6.07, 6.45) is 0.739. The van der Waals surface area contributed by atoms with Gasteiger partial charge in [-0.3, -0.25) is 4.57 Å². The fraction of sp³-hybridized carbons (Fsp3) is 0.562. The van der Waals surface area contributed by atoms with Crippen molar-refractivity contribution in [1.29, 1.82) is 0 Å². The number of nitrogen functional groups attached to an aromatic ring is 1. The number of hydrogen-bond donors (Lipinski definition) is 4. The molecule has 0 amide bonds. The van der Waals surface area contributed by atoms with Gasteiger partial charge >= 0.3 is 0 Å². The maximum atomic E-state index is 11.0. The van der Waals surface area contributed by atoms with E-state index in [1.165, 1.54) is 24.4 Å². The van der Waals surface area contributed by atoms with Gasteiger partial charge in [0.1, 0.15) is 36.5 Å². The molecule has 0 aromatic carbocycles. The number of imidazole rings is 1. The van der Waals surface area contributed by atoms with E-state index in [0.29, 0.717) is 22.1 Å². The van der Waals surface area contributed by atoms with E-state index in [9.17, 15) is 15.3 Å². The van der Waals surface area contributed by atoms with Crippen molar-refractivity contribution in [2.24, 2.45) is 13.0 Å². The molecule has 0 aliphatic carbocycles. The number of aromatic nitrogens is 7. The number of ether oxygens (including phenoxy) is 1. The highest BCUT2D eigenvalue weighted by Gasteiger charge is 2.58. The normalized spacial score (nSPS) is 28.2. The zero-order chi connectivity index (χ0) is 20.8. The van der Waals surface area contributed by atoms with Crippen molar-refractivity contribution >= 4 is 28.7 Å². The molecule has 3 aromatic heterocycles. The summed E-state index contributed by atoms with van der Waals surface area (Å²) in [6, 6.07) is 0. The molecule has 0 radical (unpaired) electrons. The van der Waals surface area contributed by atoms with Crippen LogP contribution in [0.25, 0.3) is 11.2 Å². The molecule has 1 aliphatic heterocycles. The van der Waals surface area contributed by atoms with E-state index in [0.717, 1.165) is 0 Å². The van der Waals surface area contributed by atoms with Gasteiger partial charge in [0, 0.05) is 18.7 Å². The van der Waals surface area contributed by atoms with Gasteiger partial charge in [-0.05, 0) is 0 Å². The smallest absolute Gasteiger partial charge is 0.190 e. The van der Waals surface area contributed by atoms with Crippen LogP contribution < -0.4 is 5.73 Å². The van der Waals surface area contributed by atoms with E-state index in [1.807, 2.05) is 14.0 Å².